The average Bonchev–Trinajstić information content (AvgIpc) is 2.37. The number of thioether (sulfide) groups is 1. The Morgan fingerprint density at radius 2 is 2.22 bits per heavy atom. The van der Waals surface area contributed by atoms with Crippen LogP contribution in [-0.4, -0.2) is 23.4 Å². The van der Waals surface area contributed by atoms with Gasteiger partial charge in [0.25, 0.3) is 5.23 Å². The summed E-state index contributed by atoms with van der Waals surface area (Å²) in [6.07, 6.45) is -0.662. The van der Waals surface area contributed by atoms with Crippen molar-refractivity contribution in [2.45, 2.75) is 12.4 Å². The number of hydrogen-bond donors (Lipinski definition) is 0. The normalized spacial score (nSPS) is 18.2. The lowest BCUT2D eigenvalue weighted by atomic mass is 10.2. The lowest BCUT2D eigenvalue weighted by molar-refractivity contribution is 0.160. The van der Waals surface area contributed by atoms with E-state index in [-0.39, 0.29) is 0 Å². The van der Waals surface area contributed by atoms with Crippen LogP contribution in [0.4, 0.5) is 4.79 Å². The van der Waals surface area contributed by atoms with Gasteiger partial charge in [0.2, 0.25) is 5.44 Å². The molecule has 0 saturated carbocycles. The quantitative estimate of drug-likeness (QED) is 0.729. The van der Waals surface area contributed by atoms with Crippen LogP contribution < -0.4 is 0 Å². The van der Waals surface area contributed by atoms with Crippen LogP contribution in [0.3, 0.4) is 0 Å². The summed E-state index contributed by atoms with van der Waals surface area (Å²) in [6.45, 7) is 2.28. The Morgan fingerprint density at radius 1 is 1.44 bits per heavy atom. The van der Waals surface area contributed by atoms with Crippen LogP contribution in [0, 0.1) is 11.8 Å². The smallest absolute Gasteiger partial charge is 0.439 e. The summed E-state index contributed by atoms with van der Waals surface area (Å²) in [4.78, 5) is 14.8. The molecule has 0 aliphatic carbocycles. The highest BCUT2D eigenvalue weighted by atomic mass is 32.2. The van der Waals surface area contributed by atoms with Gasteiger partial charge < -0.3 is 9.47 Å². The van der Waals surface area contributed by atoms with E-state index in [0.717, 1.165) is 5.56 Å². The SMILES string of the molecule is CCOC1=NC(=O)OC(C#Cc2ccccc2)S1. The third-order valence-electron chi connectivity index (χ3n) is 1.97. The van der Waals surface area contributed by atoms with Crippen molar-refractivity contribution in [3.63, 3.8) is 0 Å². The maximum Gasteiger partial charge on any atom is 0.439 e. The van der Waals surface area contributed by atoms with Crippen LogP contribution in [0.2, 0.25) is 0 Å². The molecule has 2 rings (SSSR count). The lowest BCUT2D eigenvalue weighted by Gasteiger charge is -2.16. The van der Waals surface area contributed by atoms with Crippen LogP contribution in [0.5, 0.6) is 0 Å². The minimum Gasteiger partial charge on any atom is -0.473 e. The number of carbonyl (C=O) groups is 1. The highest BCUT2D eigenvalue weighted by molar-refractivity contribution is 8.14. The predicted octanol–water partition coefficient (Wildman–Crippen LogP) is 2.64. The Hall–Kier alpha value is -1.93. The number of cyclic esters (lactones) is 1. The van der Waals surface area contributed by atoms with Crippen molar-refractivity contribution in [2.75, 3.05) is 6.61 Å². The Morgan fingerprint density at radius 3 is 2.94 bits per heavy atom. The number of aliphatic imine (C=N–C) groups is 1. The molecule has 1 unspecified atom stereocenters. The molecule has 0 N–H and O–H groups in total. The fourth-order valence-electron chi connectivity index (χ4n) is 1.25. The van der Waals surface area contributed by atoms with Gasteiger partial charge in [-0.05, 0) is 36.7 Å². The summed E-state index contributed by atoms with van der Waals surface area (Å²) >= 11 is 1.19. The van der Waals surface area contributed by atoms with Gasteiger partial charge in [-0.25, -0.2) is 4.79 Å². The minimum atomic E-state index is -0.662. The lowest BCUT2D eigenvalue weighted by Crippen LogP contribution is -2.21. The first-order chi connectivity index (χ1) is 8.78. The molecule has 4 nitrogen and oxygen atoms in total. The van der Waals surface area contributed by atoms with Crippen LogP contribution >= 0.6 is 11.8 Å². The summed E-state index contributed by atoms with van der Waals surface area (Å²) in [5.74, 6) is 5.80. The number of nitrogens with zero attached hydrogens (tertiary/aromatic N) is 1. The highest BCUT2D eigenvalue weighted by Crippen LogP contribution is 2.21. The zero-order valence-electron chi connectivity index (χ0n) is 9.75. The zero-order chi connectivity index (χ0) is 12.8. The monoisotopic (exact) mass is 261 g/mol. The van der Waals surface area contributed by atoms with Gasteiger partial charge in [0.15, 0.2) is 0 Å². The van der Waals surface area contributed by atoms with E-state index in [2.05, 4.69) is 16.8 Å². The molecule has 1 atom stereocenters. The van der Waals surface area contributed by atoms with Gasteiger partial charge in [-0.15, -0.1) is 4.99 Å². The first-order valence-corrected chi connectivity index (χ1v) is 6.31. The molecule has 92 valence electrons. The van der Waals surface area contributed by atoms with E-state index in [0.29, 0.717) is 11.8 Å². The second-order valence-corrected chi connectivity index (χ2v) is 4.29. The van der Waals surface area contributed by atoms with Crippen molar-refractivity contribution in [2.24, 2.45) is 4.99 Å². The van der Waals surface area contributed by atoms with Crippen LogP contribution in [0.1, 0.15) is 12.5 Å². The van der Waals surface area contributed by atoms with Crippen LogP contribution in [0.25, 0.3) is 0 Å². The van der Waals surface area contributed by atoms with Crippen molar-refractivity contribution in [1.29, 1.82) is 0 Å². The van der Waals surface area contributed by atoms with Crippen molar-refractivity contribution in [3.05, 3.63) is 35.9 Å². The Bertz CT molecular complexity index is 516. The molecular formula is C13H11NO3S. The Labute approximate surface area is 109 Å². The molecule has 1 aliphatic heterocycles. The largest absolute Gasteiger partial charge is 0.473 e. The van der Waals surface area contributed by atoms with E-state index < -0.39 is 11.5 Å². The molecular weight excluding hydrogens is 250 g/mol. The fourth-order valence-corrected chi connectivity index (χ4v) is 1.99. The molecule has 1 aromatic carbocycles. The second kappa shape index (κ2) is 6.12. The van der Waals surface area contributed by atoms with Gasteiger partial charge in [0, 0.05) is 5.56 Å². The fraction of sp³-hybridized carbons (Fsp3) is 0.231. The molecule has 0 saturated heterocycles. The molecule has 5 heteroatoms. The van der Waals surface area contributed by atoms with Crippen LogP contribution in [0.15, 0.2) is 35.3 Å². The maximum atomic E-state index is 11.2. The zero-order valence-corrected chi connectivity index (χ0v) is 10.6. The molecule has 0 spiro atoms. The molecule has 1 aliphatic rings. The van der Waals surface area contributed by atoms with Crippen molar-refractivity contribution in [1.82, 2.24) is 0 Å². The first-order valence-electron chi connectivity index (χ1n) is 5.43. The summed E-state index contributed by atoms with van der Waals surface area (Å²) in [5, 5.41) is 0.307. The third kappa shape index (κ3) is 3.54. The van der Waals surface area contributed by atoms with E-state index in [4.69, 9.17) is 9.47 Å². The summed E-state index contributed by atoms with van der Waals surface area (Å²) < 4.78 is 10.1. The Balaban J connectivity index is 2.06. The van der Waals surface area contributed by atoms with Crippen LogP contribution in [-0.2, 0) is 9.47 Å². The van der Waals surface area contributed by atoms with Gasteiger partial charge in [-0.3, -0.25) is 0 Å². The van der Waals surface area contributed by atoms with Gasteiger partial charge in [-0.1, -0.05) is 24.1 Å². The van der Waals surface area contributed by atoms with Crippen molar-refractivity contribution >= 4 is 23.1 Å². The Kier molecular flexibility index (Phi) is 4.26. The highest BCUT2D eigenvalue weighted by Gasteiger charge is 2.23. The summed E-state index contributed by atoms with van der Waals surface area (Å²) in [7, 11) is 0. The minimum absolute atomic E-state index is 0.307. The molecule has 1 heterocycles. The standard InChI is InChI=1S/C13H11NO3S/c1-2-16-13-14-12(15)17-11(18-13)9-8-10-6-4-3-5-7-10/h3-7,11H,2H2,1H3. The van der Waals surface area contributed by atoms with E-state index in [1.165, 1.54) is 11.8 Å². The second-order valence-electron chi connectivity index (χ2n) is 3.28. The average molecular weight is 261 g/mol. The van der Waals surface area contributed by atoms with E-state index in [9.17, 15) is 4.79 Å². The molecule has 0 aromatic heterocycles. The maximum absolute atomic E-state index is 11.2. The number of amides is 1. The van der Waals surface area contributed by atoms with E-state index in [1.54, 1.807) is 0 Å². The molecule has 1 aromatic rings. The first kappa shape index (κ1) is 12.5. The van der Waals surface area contributed by atoms with E-state index in [1.807, 2.05) is 37.3 Å². The van der Waals surface area contributed by atoms with Gasteiger partial charge in [-0.2, -0.15) is 0 Å². The molecule has 0 bridgehead atoms. The van der Waals surface area contributed by atoms with Crippen molar-refractivity contribution < 1.29 is 14.3 Å². The molecule has 0 radical (unpaired) electrons. The van der Waals surface area contributed by atoms with Crippen molar-refractivity contribution in [3.8, 4) is 11.8 Å². The van der Waals surface area contributed by atoms with E-state index >= 15 is 0 Å². The van der Waals surface area contributed by atoms with Gasteiger partial charge >= 0.3 is 6.09 Å². The predicted molar refractivity (Wildman–Crippen MR) is 70.2 cm³/mol. The molecule has 18 heavy (non-hydrogen) atoms. The topological polar surface area (TPSA) is 47.9 Å². The molecule has 1 amide bonds. The third-order valence-corrected chi connectivity index (χ3v) is 2.81. The number of carbonyl (C=O) groups excluding carboxylic acids is 1. The molecule has 0 fully saturated rings. The van der Waals surface area contributed by atoms with Gasteiger partial charge in [0.05, 0.1) is 6.61 Å². The number of ether oxygens (including phenoxy) is 2. The van der Waals surface area contributed by atoms with Gasteiger partial charge in [0.1, 0.15) is 0 Å². The summed E-state index contributed by atoms with van der Waals surface area (Å²) in [6, 6.07) is 9.49. The number of benzene rings is 1. The summed E-state index contributed by atoms with van der Waals surface area (Å²) in [5.41, 5.74) is 0.298. The number of hydrogen-bond acceptors (Lipinski definition) is 4. The number of rotatable bonds is 1.